The lowest BCUT2D eigenvalue weighted by Gasteiger charge is -2.41. The minimum absolute atomic E-state index is 0.00781. The Hall–Kier alpha value is -0.440. The van der Waals surface area contributed by atoms with Gasteiger partial charge in [-0.25, -0.2) is 12.6 Å². The first-order valence-electron chi connectivity index (χ1n) is 8.25. The average Bonchev–Trinajstić information content (AvgIpc) is 2.62. The smallest absolute Gasteiger partial charge is 0.301 e. The molecule has 6 nitrogen and oxygen atoms in total. The third-order valence-corrected chi connectivity index (χ3v) is 7.62. The number of rotatable bonds is 6. The van der Waals surface area contributed by atoms with Crippen LogP contribution >= 0.6 is 0 Å². The maximum absolute atomic E-state index is 14.0. The van der Waals surface area contributed by atoms with Crippen molar-refractivity contribution in [1.29, 1.82) is 0 Å². The normalized spacial score (nSPS) is 24.1. The minimum atomic E-state index is -6.57. The van der Waals surface area contributed by atoms with Crippen LogP contribution in [-0.2, 0) is 21.1 Å². The number of halogens is 6. The van der Waals surface area contributed by atoms with E-state index in [1.807, 2.05) is 4.90 Å². The highest BCUT2D eigenvalue weighted by Crippen LogP contribution is 2.50. The lowest BCUT2D eigenvalue weighted by molar-refractivity contribution is -0.245. The van der Waals surface area contributed by atoms with E-state index in [4.69, 9.17) is 4.55 Å². The summed E-state index contributed by atoms with van der Waals surface area (Å²) < 4.78 is 124. The molecule has 1 N–H and O–H groups in total. The number of hydrogen-bond acceptors (Lipinski definition) is 4. The van der Waals surface area contributed by atoms with Gasteiger partial charge in [0.05, 0.1) is 0 Å². The molecule has 1 unspecified atom stereocenters. The molecule has 1 saturated heterocycles. The zero-order chi connectivity index (χ0) is 20.7. The first-order valence-corrected chi connectivity index (χ1v) is 10.8. The average molecular weight is 446 g/mol. The lowest BCUT2D eigenvalue weighted by Crippen LogP contribution is -2.64. The molecule has 1 aliphatic heterocycles. The number of alkyl halides is 6. The molecule has 1 aliphatic carbocycles. The van der Waals surface area contributed by atoms with E-state index >= 15 is 0 Å². The molecule has 0 aromatic heterocycles. The van der Waals surface area contributed by atoms with Gasteiger partial charge in [-0.05, 0) is 12.8 Å². The summed E-state index contributed by atoms with van der Waals surface area (Å²) >= 11 is -4.70. The molecule has 14 heteroatoms. The van der Waals surface area contributed by atoms with E-state index in [2.05, 4.69) is 0 Å². The molecule has 160 valence electrons. The summed E-state index contributed by atoms with van der Waals surface area (Å²) in [6.07, 6.45) is 4.72. The Bertz CT molecular complexity index is 662. The largest absolute Gasteiger partial charge is 0.428 e. The number of nitrogens with zero attached hydrogens (tertiary/aromatic N) is 2. The van der Waals surface area contributed by atoms with Crippen molar-refractivity contribution in [1.82, 2.24) is 9.21 Å². The number of piperazine rings is 1. The molecular weight excluding hydrogens is 426 g/mol. The van der Waals surface area contributed by atoms with Crippen LogP contribution in [-0.4, -0.2) is 75.0 Å². The van der Waals surface area contributed by atoms with Crippen molar-refractivity contribution in [2.45, 2.75) is 54.6 Å². The summed E-state index contributed by atoms with van der Waals surface area (Å²) in [4.78, 5) is 1.87. The second kappa shape index (κ2) is 7.76. The zero-order valence-corrected chi connectivity index (χ0v) is 15.7. The van der Waals surface area contributed by atoms with Crippen LogP contribution in [0.5, 0.6) is 0 Å². The topological polar surface area (TPSA) is 77.9 Å². The van der Waals surface area contributed by atoms with Gasteiger partial charge in [-0.3, -0.25) is 4.90 Å². The van der Waals surface area contributed by atoms with Crippen LogP contribution in [0.1, 0.15) is 32.1 Å². The van der Waals surface area contributed by atoms with Gasteiger partial charge in [0.25, 0.3) is 10.0 Å². The van der Waals surface area contributed by atoms with Gasteiger partial charge in [-0.2, -0.15) is 30.6 Å². The maximum Gasteiger partial charge on any atom is 0.428 e. The predicted octanol–water partition coefficient (Wildman–Crippen LogP) is 2.31. The molecular formula is C13H20F6N2O4S2. The first kappa shape index (κ1) is 22.8. The first-order chi connectivity index (χ1) is 12.3. The maximum atomic E-state index is 14.0. The SMILES string of the molecule is O=S(O)C(F)(F)C(F)(F)C(F)(F)S(=O)(=O)N1CCN(C2CCCCC2)CC1. The molecule has 2 fully saturated rings. The molecule has 0 aromatic carbocycles. The van der Waals surface area contributed by atoms with E-state index in [1.54, 1.807) is 0 Å². The van der Waals surface area contributed by atoms with Crippen molar-refractivity contribution in [2.75, 3.05) is 26.2 Å². The molecule has 0 aromatic rings. The minimum Gasteiger partial charge on any atom is -0.301 e. The van der Waals surface area contributed by atoms with Crippen molar-refractivity contribution in [3.8, 4) is 0 Å². The van der Waals surface area contributed by atoms with Crippen molar-refractivity contribution in [2.24, 2.45) is 0 Å². The Labute approximate surface area is 155 Å². The fourth-order valence-electron chi connectivity index (χ4n) is 3.36. The van der Waals surface area contributed by atoms with Crippen molar-refractivity contribution >= 4 is 21.1 Å². The Kier molecular flexibility index (Phi) is 6.57. The van der Waals surface area contributed by atoms with Crippen LogP contribution in [0, 0.1) is 0 Å². The molecule has 0 radical (unpaired) electrons. The second-order valence-electron chi connectivity index (χ2n) is 6.59. The van der Waals surface area contributed by atoms with Gasteiger partial charge in [0.1, 0.15) is 0 Å². The van der Waals surface area contributed by atoms with Crippen LogP contribution in [0.3, 0.4) is 0 Å². The van der Waals surface area contributed by atoms with Gasteiger partial charge in [0.15, 0.2) is 0 Å². The Morgan fingerprint density at radius 3 is 1.81 bits per heavy atom. The molecule has 2 aliphatic rings. The molecule has 1 saturated carbocycles. The van der Waals surface area contributed by atoms with Crippen molar-refractivity contribution in [3.05, 3.63) is 0 Å². The highest BCUT2D eigenvalue weighted by atomic mass is 32.2. The van der Waals surface area contributed by atoms with Crippen LogP contribution in [0.15, 0.2) is 0 Å². The summed E-state index contributed by atoms with van der Waals surface area (Å²) in [6.45, 7) is -1.10. The van der Waals surface area contributed by atoms with Gasteiger partial charge in [0, 0.05) is 32.2 Å². The predicted molar refractivity (Wildman–Crippen MR) is 84.6 cm³/mol. The van der Waals surface area contributed by atoms with E-state index in [0.717, 1.165) is 32.1 Å². The quantitative estimate of drug-likeness (QED) is 0.501. The summed E-state index contributed by atoms with van der Waals surface area (Å²) in [5.74, 6) is -6.57. The Morgan fingerprint density at radius 2 is 1.37 bits per heavy atom. The van der Waals surface area contributed by atoms with E-state index in [0.29, 0.717) is 0 Å². The third-order valence-electron chi connectivity index (χ3n) is 4.98. The van der Waals surface area contributed by atoms with Gasteiger partial charge >= 0.3 is 16.4 Å². The van der Waals surface area contributed by atoms with Gasteiger partial charge in [-0.15, -0.1) is 0 Å². The van der Waals surface area contributed by atoms with E-state index in [9.17, 15) is 39.0 Å². The van der Waals surface area contributed by atoms with Gasteiger partial charge in [0.2, 0.25) is 11.1 Å². The fraction of sp³-hybridized carbons (Fsp3) is 1.00. The fourth-order valence-corrected chi connectivity index (χ4v) is 5.19. The molecule has 1 heterocycles. The van der Waals surface area contributed by atoms with Crippen molar-refractivity contribution < 1.29 is 43.5 Å². The van der Waals surface area contributed by atoms with Crippen molar-refractivity contribution in [3.63, 3.8) is 0 Å². The highest BCUT2D eigenvalue weighted by Gasteiger charge is 2.80. The van der Waals surface area contributed by atoms with E-state index in [1.165, 1.54) is 0 Å². The molecule has 0 amide bonds. The molecule has 27 heavy (non-hydrogen) atoms. The standard InChI is InChI=1S/C13H20F6N2O4S2/c14-11(15,12(16,17)26(22)23)13(18,19)27(24,25)21-8-6-20(7-9-21)10-4-2-1-3-5-10/h10H,1-9H2,(H,22,23). The molecule has 0 spiro atoms. The second-order valence-corrected chi connectivity index (χ2v) is 9.58. The summed E-state index contributed by atoms with van der Waals surface area (Å²) in [5, 5.41) is -12.4. The van der Waals surface area contributed by atoms with E-state index < -0.39 is 50.6 Å². The summed E-state index contributed by atoms with van der Waals surface area (Å²) in [5.41, 5.74) is 0. The summed E-state index contributed by atoms with van der Waals surface area (Å²) in [7, 11) is -6.19. The molecule has 2 rings (SSSR count). The van der Waals surface area contributed by atoms with Crippen LogP contribution < -0.4 is 0 Å². The Morgan fingerprint density at radius 1 is 0.889 bits per heavy atom. The van der Waals surface area contributed by atoms with Crippen LogP contribution in [0.25, 0.3) is 0 Å². The zero-order valence-electron chi connectivity index (χ0n) is 14.1. The van der Waals surface area contributed by atoms with Gasteiger partial charge < -0.3 is 4.55 Å². The highest BCUT2D eigenvalue weighted by molar-refractivity contribution is 7.90. The monoisotopic (exact) mass is 446 g/mol. The molecule has 1 atom stereocenters. The lowest BCUT2D eigenvalue weighted by atomic mass is 9.94. The van der Waals surface area contributed by atoms with E-state index in [-0.39, 0.29) is 23.4 Å². The summed E-state index contributed by atoms with van der Waals surface area (Å²) in [6, 6.07) is 0.145. The van der Waals surface area contributed by atoms with Crippen LogP contribution in [0.4, 0.5) is 26.3 Å². The third kappa shape index (κ3) is 3.87. The number of sulfonamides is 1. The van der Waals surface area contributed by atoms with Crippen LogP contribution in [0.2, 0.25) is 0 Å². The van der Waals surface area contributed by atoms with Gasteiger partial charge in [-0.1, -0.05) is 19.3 Å². The Balaban J connectivity index is 2.16. The molecule has 0 bridgehead atoms. The number of hydrogen-bond donors (Lipinski definition) is 1.